The molecule has 1 aromatic rings. The second kappa shape index (κ2) is 9.00. The molecule has 7 heteroatoms. The zero-order chi connectivity index (χ0) is 18.3. The van der Waals surface area contributed by atoms with E-state index in [2.05, 4.69) is 0 Å². The molecule has 0 aliphatic rings. The maximum atomic E-state index is 12.5. The quantitative estimate of drug-likeness (QED) is 0.740. The molecule has 0 saturated heterocycles. The Bertz CT molecular complexity index is 559. The number of ether oxygens (including phenoxy) is 3. The maximum Gasteiger partial charge on any atom is 0.305 e. The summed E-state index contributed by atoms with van der Waals surface area (Å²) in [4.78, 5) is 24.9. The van der Waals surface area contributed by atoms with Gasteiger partial charge in [0.15, 0.2) is 11.5 Å². The number of rotatable bonds is 9. The third-order valence-corrected chi connectivity index (χ3v) is 3.59. The second-order valence-corrected chi connectivity index (χ2v) is 5.53. The van der Waals surface area contributed by atoms with Crippen molar-refractivity contribution in [3.63, 3.8) is 0 Å². The van der Waals surface area contributed by atoms with E-state index in [1.54, 1.807) is 17.0 Å². The van der Waals surface area contributed by atoms with Gasteiger partial charge in [0.2, 0.25) is 11.7 Å². The zero-order valence-corrected chi connectivity index (χ0v) is 14.8. The van der Waals surface area contributed by atoms with E-state index in [-0.39, 0.29) is 31.3 Å². The van der Waals surface area contributed by atoms with Gasteiger partial charge in [0, 0.05) is 12.6 Å². The number of carboxylic acids is 1. The van der Waals surface area contributed by atoms with Crippen LogP contribution in [0.25, 0.3) is 0 Å². The third-order valence-electron chi connectivity index (χ3n) is 3.59. The Kier molecular flexibility index (Phi) is 7.35. The molecule has 0 unspecified atom stereocenters. The van der Waals surface area contributed by atoms with Crippen molar-refractivity contribution in [2.75, 3.05) is 27.9 Å². The van der Waals surface area contributed by atoms with Crippen LogP contribution < -0.4 is 14.2 Å². The van der Waals surface area contributed by atoms with Gasteiger partial charge in [-0.05, 0) is 31.5 Å². The van der Waals surface area contributed by atoms with E-state index >= 15 is 0 Å². The lowest BCUT2D eigenvalue weighted by atomic mass is 10.1. The van der Waals surface area contributed by atoms with Gasteiger partial charge in [0.1, 0.15) is 0 Å². The van der Waals surface area contributed by atoms with Crippen LogP contribution in [0.2, 0.25) is 0 Å². The molecule has 0 bridgehead atoms. The number of nitrogens with zero attached hydrogens (tertiary/aromatic N) is 1. The number of hydrogen-bond donors (Lipinski definition) is 1. The zero-order valence-electron chi connectivity index (χ0n) is 14.8. The van der Waals surface area contributed by atoms with Gasteiger partial charge in [0.05, 0.1) is 34.2 Å². The number of amides is 1. The predicted octanol–water partition coefficient (Wildman–Crippen LogP) is 1.97. The van der Waals surface area contributed by atoms with Crippen LogP contribution in [0.3, 0.4) is 0 Å². The molecule has 134 valence electrons. The van der Waals surface area contributed by atoms with Crippen molar-refractivity contribution in [1.29, 1.82) is 0 Å². The monoisotopic (exact) mass is 339 g/mol. The van der Waals surface area contributed by atoms with E-state index < -0.39 is 5.97 Å². The normalized spacial score (nSPS) is 10.4. The van der Waals surface area contributed by atoms with E-state index in [4.69, 9.17) is 19.3 Å². The Labute approximate surface area is 142 Å². The summed E-state index contributed by atoms with van der Waals surface area (Å²) in [5.41, 5.74) is 0.704. The summed E-state index contributed by atoms with van der Waals surface area (Å²) in [5.74, 6) is 0.326. The molecule has 0 heterocycles. The minimum atomic E-state index is -0.929. The molecule has 0 saturated carbocycles. The van der Waals surface area contributed by atoms with Crippen molar-refractivity contribution in [2.24, 2.45) is 0 Å². The molecule has 0 aliphatic carbocycles. The largest absolute Gasteiger partial charge is 0.493 e. The number of carbonyl (C=O) groups is 2. The van der Waals surface area contributed by atoms with Crippen LogP contribution in [-0.4, -0.2) is 55.8 Å². The number of carbonyl (C=O) groups excluding carboxylic acids is 1. The molecule has 0 spiro atoms. The summed E-state index contributed by atoms with van der Waals surface area (Å²) in [7, 11) is 4.53. The third kappa shape index (κ3) is 5.04. The molecule has 1 rings (SSSR count). The van der Waals surface area contributed by atoms with Gasteiger partial charge < -0.3 is 24.2 Å². The SMILES string of the molecule is COc1cc(CC(=O)N(CCC(=O)O)C(C)C)cc(OC)c1OC. The number of benzene rings is 1. The first-order chi connectivity index (χ1) is 11.3. The van der Waals surface area contributed by atoms with Gasteiger partial charge in [-0.2, -0.15) is 0 Å². The number of methoxy groups -OCH3 is 3. The van der Waals surface area contributed by atoms with E-state index in [0.717, 1.165) is 0 Å². The van der Waals surface area contributed by atoms with Crippen LogP contribution in [0.5, 0.6) is 17.2 Å². The predicted molar refractivity (Wildman–Crippen MR) is 88.9 cm³/mol. The van der Waals surface area contributed by atoms with E-state index in [1.165, 1.54) is 21.3 Å². The highest BCUT2D eigenvalue weighted by molar-refractivity contribution is 5.80. The number of hydrogen-bond acceptors (Lipinski definition) is 5. The lowest BCUT2D eigenvalue weighted by molar-refractivity contribution is -0.139. The Morgan fingerprint density at radius 2 is 1.62 bits per heavy atom. The Morgan fingerprint density at radius 1 is 1.08 bits per heavy atom. The average Bonchev–Trinajstić information content (AvgIpc) is 2.53. The smallest absolute Gasteiger partial charge is 0.305 e. The van der Waals surface area contributed by atoms with Gasteiger partial charge >= 0.3 is 5.97 Å². The first kappa shape index (κ1) is 19.6. The molecule has 1 N–H and O–H groups in total. The Morgan fingerprint density at radius 3 is 2.00 bits per heavy atom. The van der Waals surface area contributed by atoms with E-state index in [0.29, 0.717) is 22.8 Å². The van der Waals surface area contributed by atoms with Crippen molar-refractivity contribution < 1.29 is 28.9 Å². The van der Waals surface area contributed by atoms with Gasteiger partial charge in [-0.25, -0.2) is 0 Å². The van der Waals surface area contributed by atoms with Crippen LogP contribution in [0, 0.1) is 0 Å². The average molecular weight is 339 g/mol. The molecule has 1 aromatic carbocycles. The summed E-state index contributed by atoms with van der Waals surface area (Å²) >= 11 is 0. The van der Waals surface area contributed by atoms with Crippen molar-refractivity contribution in [3.8, 4) is 17.2 Å². The lowest BCUT2D eigenvalue weighted by Crippen LogP contribution is -2.39. The molecule has 0 aliphatic heterocycles. The fourth-order valence-corrected chi connectivity index (χ4v) is 2.40. The molecule has 24 heavy (non-hydrogen) atoms. The fraction of sp³-hybridized carbons (Fsp3) is 0.529. The molecule has 0 aromatic heterocycles. The summed E-state index contributed by atoms with van der Waals surface area (Å²) in [6.07, 6.45) is 0.0354. The van der Waals surface area contributed by atoms with Crippen LogP contribution in [0.4, 0.5) is 0 Å². The van der Waals surface area contributed by atoms with E-state index in [9.17, 15) is 9.59 Å². The van der Waals surface area contributed by atoms with Crippen LogP contribution in [-0.2, 0) is 16.0 Å². The summed E-state index contributed by atoms with van der Waals surface area (Å²) in [5, 5.41) is 8.83. The summed E-state index contributed by atoms with van der Waals surface area (Å²) in [6.45, 7) is 3.89. The van der Waals surface area contributed by atoms with Crippen LogP contribution in [0.15, 0.2) is 12.1 Å². The summed E-state index contributed by atoms with van der Waals surface area (Å²) < 4.78 is 15.8. The topological polar surface area (TPSA) is 85.3 Å². The first-order valence-corrected chi connectivity index (χ1v) is 7.64. The number of carboxylic acid groups (broad SMARTS) is 1. The van der Waals surface area contributed by atoms with Gasteiger partial charge in [-0.15, -0.1) is 0 Å². The molecular weight excluding hydrogens is 314 g/mol. The van der Waals surface area contributed by atoms with Crippen molar-refractivity contribution in [2.45, 2.75) is 32.7 Å². The van der Waals surface area contributed by atoms with Gasteiger partial charge in [-0.3, -0.25) is 9.59 Å². The molecule has 7 nitrogen and oxygen atoms in total. The molecule has 0 radical (unpaired) electrons. The lowest BCUT2D eigenvalue weighted by Gasteiger charge is -2.26. The van der Waals surface area contributed by atoms with Crippen LogP contribution in [0.1, 0.15) is 25.8 Å². The Hall–Kier alpha value is -2.44. The van der Waals surface area contributed by atoms with E-state index in [1.807, 2.05) is 13.8 Å². The van der Waals surface area contributed by atoms with Crippen LogP contribution >= 0.6 is 0 Å². The highest BCUT2D eigenvalue weighted by Crippen LogP contribution is 2.38. The highest BCUT2D eigenvalue weighted by Gasteiger charge is 2.20. The first-order valence-electron chi connectivity index (χ1n) is 7.64. The summed E-state index contributed by atoms with van der Waals surface area (Å²) in [6, 6.07) is 3.35. The second-order valence-electron chi connectivity index (χ2n) is 5.53. The molecule has 0 atom stereocenters. The number of aliphatic carboxylic acids is 1. The molecule has 1 amide bonds. The Balaban J connectivity index is 3.01. The standard InChI is InChI=1S/C17H25NO6/c1-11(2)18(7-6-16(20)21)15(19)10-12-8-13(22-3)17(24-5)14(9-12)23-4/h8-9,11H,6-7,10H2,1-5H3,(H,20,21). The molecule has 0 fully saturated rings. The van der Waals surface area contributed by atoms with Crippen molar-refractivity contribution in [3.05, 3.63) is 17.7 Å². The minimum Gasteiger partial charge on any atom is -0.493 e. The molecular formula is C17H25NO6. The van der Waals surface area contributed by atoms with Crippen molar-refractivity contribution in [1.82, 2.24) is 4.90 Å². The maximum absolute atomic E-state index is 12.5. The highest BCUT2D eigenvalue weighted by atomic mass is 16.5. The fourth-order valence-electron chi connectivity index (χ4n) is 2.40. The van der Waals surface area contributed by atoms with Gasteiger partial charge in [0.25, 0.3) is 0 Å². The van der Waals surface area contributed by atoms with Gasteiger partial charge in [-0.1, -0.05) is 0 Å². The minimum absolute atomic E-state index is 0.0842. The van der Waals surface area contributed by atoms with Crippen molar-refractivity contribution >= 4 is 11.9 Å².